The van der Waals surface area contributed by atoms with Crippen molar-refractivity contribution in [3.8, 4) is 0 Å². The zero-order valence-electron chi connectivity index (χ0n) is 21.0. The van der Waals surface area contributed by atoms with Crippen LogP contribution < -0.4 is 0 Å². The zero-order chi connectivity index (χ0) is 30.3. The van der Waals surface area contributed by atoms with Crippen molar-refractivity contribution in [1.82, 2.24) is 0 Å². The Labute approximate surface area is 230 Å². The third-order valence-electron chi connectivity index (χ3n) is 7.26. The van der Waals surface area contributed by atoms with E-state index in [1.807, 2.05) is 0 Å². The fraction of sp³-hybridized carbons (Fsp3) is 0.500. The molecule has 0 aliphatic carbocycles. The minimum Gasteiger partial charge on any atom is -0.394 e. The van der Waals surface area contributed by atoms with Gasteiger partial charge in [-0.25, -0.2) is 0 Å². The average molecular weight is 584 g/mol. The van der Waals surface area contributed by atoms with Crippen LogP contribution in [-0.4, -0.2) is 112 Å². The molecule has 2 aromatic rings. The molecule has 41 heavy (non-hydrogen) atoms. The van der Waals surface area contributed by atoms with Crippen molar-refractivity contribution in [3.05, 3.63) is 86.0 Å². The Morgan fingerprint density at radius 2 is 1.37 bits per heavy atom. The number of aliphatic hydroxyl groups is 8. The number of aliphatic hydroxyl groups excluding tert-OH is 6. The monoisotopic (exact) mass is 584 g/mol. The predicted molar refractivity (Wildman–Crippen MR) is 130 cm³/mol. The van der Waals surface area contributed by atoms with Crippen molar-refractivity contribution in [2.75, 3.05) is 13.2 Å². The molecule has 4 rings (SSSR count). The van der Waals surface area contributed by atoms with Gasteiger partial charge in [0.2, 0.25) is 5.79 Å². The van der Waals surface area contributed by atoms with Crippen molar-refractivity contribution >= 4 is 5.69 Å². The highest BCUT2D eigenvalue weighted by atomic mass is 16.8. The van der Waals surface area contributed by atoms with Gasteiger partial charge in [0.1, 0.15) is 36.6 Å². The Kier molecular flexibility index (Phi) is 8.42. The third-order valence-corrected chi connectivity index (χ3v) is 7.26. The van der Waals surface area contributed by atoms with Gasteiger partial charge in [-0.1, -0.05) is 30.3 Å². The number of non-ortho nitro benzene ring substituents is 1. The lowest BCUT2D eigenvalue weighted by molar-refractivity contribution is -0.703. The Bertz CT molecular complexity index is 1250. The Balaban J connectivity index is 1.82. The minimum atomic E-state index is -3.73. The van der Waals surface area contributed by atoms with Gasteiger partial charge in [-0.15, -0.1) is 0 Å². The lowest BCUT2D eigenvalue weighted by Crippen LogP contribution is -2.77. The third kappa shape index (κ3) is 4.76. The van der Waals surface area contributed by atoms with Crippen molar-refractivity contribution in [2.45, 2.75) is 60.0 Å². The van der Waals surface area contributed by atoms with E-state index in [1.165, 1.54) is 30.3 Å². The molecule has 0 bridgehead atoms. The number of rotatable bonds is 8. The second-order valence-electron chi connectivity index (χ2n) is 9.60. The van der Waals surface area contributed by atoms with Crippen LogP contribution in [0.15, 0.2) is 54.6 Å². The number of benzene rings is 2. The Morgan fingerprint density at radius 3 is 1.88 bits per heavy atom. The van der Waals surface area contributed by atoms with Gasteiger partial charge >= 0.3 is 5.72 Å². The first-order chi connectivity index (χ1) is 19.3. The highest BCUT2D eigenvalue weighted by molar-refractivity contribution is 5.36. The molecular formula is C24H28N2O15. The van der Waals surface area contributed by atoms with Gasteiger partial charge < -0.3 is 55.1 Å². The molecule has 2 aliphatic heterocycles. The number of hydrogen-bond donors (Lipinski definition) is 8. The highest BCUT2D eigenvalue weighted by Crippen LogP contribution is 2.49. The van der Waals surface area contributed by atoms with Crippen LogP contribution in [0.25, 0.3) is 0 Å². The van der Waals surface area contributed by atoms with Crippen LogP contribution in [0.5, 0.6) is 0 Å². The van der Waals surface area contributed by atoms with E-state index in [0.29, 0.717) is 0 Å². The van der Waals surface area contributed by atoms with Crippen molar-refractivity contribution in [3.63, 3.8) is 0 Å². The van der Waals surface area contributed by atoms with Gasteiger partial charge in [-0.2, -0.15) is 0 Å². The first-order valence-electron chi connectivity index (χ1n) is 12.2. The maximum absolute atomic E-state index is 12.3. The summed E-state index contributed by atoms with van der Waals surface area (Å²) in [7, 11) is 0. The topological polar surface area (TPSA) is 276 Å². The summed E-state index contributed by atoms with van der Waals surface area (Å²) in [4.78, 5) is 21.2. The molecule has 0 unspecified atom stereocenters. The first-order valence-corrected chi connectivity index (χ1v) is 12.2. The first kappa shape index (κ1) is 30.8. The summed E-state index contributed by atoms with van der Waals surface area (Å²) in [6.07, 6.45) is -15.1. The second kappa shape index (κ2) is 11.2. The molecule has 2 saturated heterocycles. The molecule has 0 aromatic heterocycles. The number of ether oxygens (including phenoxy) is 3. The number of nitrogens with zero attached hydrogens (tertiary/aromatic N) is 2. The van der Waals surface area contributed by atoms with E-state index in [0.717, 1.165) is 24.3 Å². The van der Waals surface area contributed by atoms with E-state index in [9.17, 15) is 61.1 Å². The zero-order valence-corrected chi connectivity index (χ0v) is 21.0. The van der Waals surface area contributed by atoms with E-state index in [1.54, 1.807) is 0 Å². The number of hydrogen-bond acceptors (Lipinski definition) is 15. The van der Waals surface area contributed by atoms with Crippen molar-refractivity contribution in [1.29, 1.82) is 0 Å². The normalized spacial score (nSPS) is 39.3. The lowest BCUT2D eigenvalue weighted by Gasteiger charge is -2.53. The van der Waals surface area contributed by atoms with Crippen LogP contribution in [0.3, 0.4) is 0 Å². The van der Waals surface area contributed by atoms with Crippen LogP contribution in [0, 0.1) is 20.2 Å². The summed E-state index contributed by atoms with van der Waals surface area (Å²) >= 11 is 0. The average Bonchev–Trinajstić information content (AvgIpc) is 2.97. The van der Waals surface area contributed by atoms with Gasteiger partial charge in [0.15, 0.2) is 6.10 Å². The molecular weight excluding hydrogens is 556 g/mol. The van der Waals surface area contributed by atoms with Gasteiger partial charge in [0.05, 0.1) is 23.1 Å². The molecule has 2 aromatic carbocycles. The predicted octanol–water partition coefficient (Wildman–Crippen LogP) is -2.83. The van der Waals surface area contributed by atoms with Crippen molar-refractivity contribution < 1.29 is 64.9 Å². The SMILES string of the molecule is O=[N+]([O-])c1ccc([C@]2(O)O[C@H](CO)[C@H](O[C@]3(c4ccccc4)O[C@H](CO)[C@H](O)[C@H](O)[C@]3(O)[N+](=O)[O-])[C@H](O)[C@H]2O)cc1. The highest BCUT2D eigenvalue weighted by Gasteiger charge is 2.76. The van der Waals surface area contributed by atoms with Crippen LogP contribution >= 0.6 is 0 Å². The van der Waals surface area contributed by atoms with Gasteiger partial charge in [-0.05, 0) is 12.1 Å². The maximum atomic E-state index is 12.3. The fourth-order valence-electron chi connectivity index (χ4n) is 5.04. The standard InChI is InChI=1S/C24H28N2O15/c27-10-15-17(29)21(32)23(34,26(37)38)24(40-15,13-4-2-1-3-5-13)41-19-16(11-28)39-22(33,20(31)18(19)30)12-6-8-14(9-7-12)25(35)36/h1-9,15-21,27-34H,10-11H2/t15-,16-,17+,18+,19+,20-,21+,22+,23-,24+/m1/s1. The van der Waals surface area contributed by atoms with E-state index in [4.69, 9.17) is 14.2 Å². The summed E-state index contributed by atoms with van der Waals surface area (Å²) < 4.78 is 16.9. The molecule has 0 radical (unpaired) electrons. The Hall–Kier alpha value is -3.20. The number of nitro groups is 2. The molecule has 10 atom stereocenters. The van der Waals surface area contributed by atoms with Crippen LogP contribution in [0.1, 0.15) is 11.1 Å². The van der Waals surface area contributed by atoms with Crippen LogP contribution in [-0.2, 0) is 25.8 Å². The Morgan fingerprint density at radius 1 is 0.780 bits per heavy atom. The van der Waals surface area contributed by atoms with E-state index in [-0.39, 0.29) is 16.8 Å². The maximum Gasteiger partial charge on any atom is 0.409 e. The molecule has 17 heteroatoms. The summed E-state index contributed by atoms with van der Waals surface area (Å²) in [5.41, 5.74) is -4.73. The largest absolute Gasteiger partial charge is 0.409 e. The van der Waals surface area contributed by atoms with Crippen LogP contribution in [0.2, 0.25) is 0 Å². The lowest BCUT2D eigenvalue weighted by atomic mass is 9.81. The molecule has 8 N–H and O–H groups in total. The molecule has 224 valence electrons. The molecule has 17 nitrogen and oxygen atoms in total. The van der Waals surface area contributed by atoms with E-state index >= 15 is 0 Å². The molecule has 2 fully saturated rings. The summed E-state index contributed by atoms with van der Waals surface area (Å²) in [6, 6.07) is 10.5. The smallest absolute Gasteiger partial charge is 0.394 e. The quantitative estimate of drug-likeness (QED) is 0.0882. The van der Waals surface area contributed by atoms with E-state index in [2.05, 4.69) is 0 Å². The summed E-state index contributed by atoms with van der Waals surface area (Å²) in [5.74, 6) is -5.92. The summed E-state index contributed by atoms with van der Waals surface area (Å²) in [6.45, 7) is -2.10. The number of nitro benzene ring substituents is 1. The minimum absolute atomic E-state index is 0.279. The van der Waals surface area contributed by atoms with Crippen LogP contribution in [0.4, 0.5) is 5.69 Å². The van der Waals surface area contributed by atoms with Gasteiger partial charge in [-0.3, -0.25) is 20.2 Å². The second-order valence-corrected chi connectivity index (χ2v) is 9.60. The van der Waals surface area contributed by atoms with Gasteiger partial charge in [0, 0.05) is 23.3 Å². The van der Waals surface area contributed by atoms with Crippen molar-refractivity contribution in [2.24, 2.45) is 0 Å². The fourth-order valence-corrected chi connectivity index (χ4v) is 5.04. The molecule has 0 amide bonds. The molecule has 2 heterocycles. The summed E-state index contributed by atoms with van der Waals surface area (Å²) in [5, 5.41) is 109. The molecule has 0 saturated carbocycles. The molecule has 2 aliphatic rings. The van der Waals surface area contributed by atoms with Gasteiger partial charge in [0.25, 0.3) is 11.5 Å². The molecule has 0 spiro atoms. The van der Waals surface area contributed by atoms with E-state index < -0.39 is 83.1 Å².